The van der Waals surface area contributed by atoms with Gasteiger partial charge in [0.05, 0.1) is 13.0 Å². The van der Waals surface area contributed by atoms with Gasteiger partial charge >= 0.3 is 5.97 Å². The monoisotopic (exact) mass is 287 g/mol. The fraction of sp³-hybridized carbons (Fsp3) is 0.250. The van der Waals surface area contributed by atoms with E-state index in [0.29, 0.717) is 6.61 Å². The second-order valence-electron chi connectivity index (χ2n) is 4.67. The molecule has 2 aromatic rings. The Morgan fingerprint density at radius 3 is 2.52 bits per heavy atom. The van der Waals surface area contributed by atoms with Crippen molar-refractivity contribution in [1.82, 2.24) is 4.57 Å². The van der Waals surface area contributed by atoms with Gasteiger partial charge in [-0.15, -0.1) is 0 Å². The normalized spacial score (nSPS) is 10.4. The van der Waals surface area contributed by atoms with Gasteiger partial charge in [-0.1, -0.05) is 0 Å². The van der Waals surface area contributed by atoms with Crippen molar-refractivity contribution in [2.75, 3.05) is 6.61 Å². The molecule has 0 amide bonds. The van der Waals surface area contributed by atoms with Gasteiger partial charge in [-0.25, -0.2) is 0 Å². The molecular weight excluding hydrogens is 270 g/mol. The lowest BCUT2D eigenvalue weighted by Crippen LogP contribution is -2.17. The maximum absolute atomic E-state index is 11.8. The molecule has 0 unspecified atom stereocenters. The molecule has 2 rings (SSSR count). The van der Waals surface area contributed by atoms with Gasteiger partial charge in [-0.2, -0.15) is 0 Å². The second-order valence-corrected chi connectivity index (χ2v) is 4.67. The average Bonchev–Trinajstić information content (AvgIpc) is 2.43. The number of aliphatic carboxylic acids is 1. The van der Waals surface area contributed by atoms with Gasteiger partial charge < -0.3 is 14.4 Å². The summed E-state index contributed by atoms with van der Waals surface area (Å²) in [7, 11) is 0. The van der Waals surface area contributed by atoms with Gasteiger partial charge in [0.2, 0.25) is 0 Å². The predicted molar refractivity (Wildman–Crippen MR) is 79.3 cm³/mol. The van der Waals surface area contributed by atoms with Crippen LogP contribution in [0.5, 0.6) is 5.75 Å². The van der Waals surface area contributed by atoms with Crippen molar-refractivity contribution in [3.63, 3.8) is 0 Å². The van der Waals surface area contributed by atoms with Gasteiger partial charge in [0, 0.05) is 29.2 Å². The summed E-state index contributed by atoms with van der Waals surface area (Å²) < 4.78 is 7.19. The number of carboxylic acid groups (broad SMARTS) is 1. The minimum absolute atomic E-state index is 0.253. The molecule has 0 aliphatic carbocycles. The smallest absolute Gasteiger partial charge is 0.308 e. The summed E-state index contributed by atoms with van der Waals surface area (Å²) in [5, 5.41) is 8.85. The summed E-state index contributed by atoms with van der Waals surface area (Å²) in [5.74, 6) is -0.250. The maximum atomic E-state index is 11.8. The first-order chi connectivity index (χ1) is 10.0. The number of carboxylic acids is 1. The number of ether oxygens (including phenoxy) is 1. The third kappa shape index (κ3) is 3.51. The molecule has 1 heterocycles. The Morgan fingerprint density at radius 2 is 1.95 bits per heavy atom. The summed E-state index contributed by atoms with van der Waals surface area (Å²) in [5.41, 5.74) is 1.61. The minimum atomic E-state index is -1.02. The second kappa shape index (κ2) is 6.26. The van der Waals surface area contributed by atoms with Crippen molar-refractivity contribution in [1.29, 1.82) is 0 Å². The van der Waals surface area contributed by atoms with E-state index in [0.717, 1.165) is 17.1 Å². The van der Waals surface area contributed by atoms with E-state index in [2.05, 4.69) is 0 Å². The Hall–Kier alpha value is -2.56. The number of hydrogen-bond donors (Lipinski definition) is 1. The van der Waals surface area contributed by atoms with E-state index in [1.165, 1.54) is 6.07 Å². The molecule has 0 spiro atoms. The summed E-state index contributed by atoms with van der Waals surface area (Å²) >= 11 is 0. The number of carbonyl (C=O) groups is 1. The van der Waals surface area contributed by atoms with Crippen LogP contribution < -0.4 is 10.2 Å². The van der Waals surface area contributed by atoms with Crippen LogP contribution in [0.25, 0.3) is 5.69 Å². The van der Waals surface area contributed by atoms with Gasteiger partial charge in [-0.05, 0) is 38.1 Å². The van der Waals surface area contributed by atoms with Crippen molar-refractivity contribution < 1.29 is 14.6 Å². The van der Waals surface area contributed by atoms with Crippen LogP contribution in [0.2, 0.25) is 0 Å². The van der Waals surface area contributed by atoms with E-state index in [4.69, 9.17) is 9.84 Å². The number of benzene rings is 1. The van der Waals surface area contributed by atoms with E-state index in [-0.39, 0.29) is 17.4 Å². The van der Waals surface area contributed by atoms with Gasteiger partial charge in [-0.3, -0.25) is 9.59 Å². The molecule has 0 atom stereocenters. The quantitative estimate of drug-likeness (QED) is 0.915. The van der Waals surface area contributed by atoms with Crippen molar-refractivity contribution in [2.24, 2.45) is 0 Å². The maximum Gasteiger partial charge on any atom is 0.308 e. The van der Waals surface area contributed by atoms with Crippen molar-refractivity contribution in [2.45, 2.75) is 20.3 Å². The van der Waals surface area contributed by atoms with Crippen LogP contribution in [-0.2, 0) is 11.2 Å². The Morgan fingerprint density at radius 1 is 1.29 bits per heavy atom. The Balaban J connectivity index is 2.42. The predicted octanol–water partition coefficient (Wildman–Crippen LogP) is 2.17. The van der Waals surface area contributed by atoms with E-state index < -0.39 is 5.97 Å². The third-order valence-electron chi connectivity index (χ3n) is 3.09. The number of hydrogen-bond acceptors (Lipinski definition) is 3. The lowest BCUT2D eigenvalue weighted by Gasteiger charge is -2.13. The molecule has 0 saturated heterocycles. The van der Waals surface area contributed by atoms with E-state index >= 15 is 0 Å². The summed E-state index contributed by atoms with van der Waals surface area (Å²) in [6.45, 7) is 4.32. The zero-order chi connectivity index (χ0) is 15.4. The fourth-order valence-electron chi connectivity index (χ4n) is 2.12. The number of nitrogens with zero attached hydrogens (tertiary/aromatic N) is 1. The highest BCUT2D eigenvalue weighted by atomic mass is 16.5. The van der Waals surface area contributed by atoms with E-state index in [9.17, 15) is 9.59 Å². The van der Waals surface area contributed by atoms with Crippen LogP contribution in [0.3, 0.4) is 0 Å². The standard InChI is InChI=1S/C16H17NO4/c1-3-21-14-6-4-13(5-7-14)17-10-12(9-16(19)20)15(18)8-11(17)2/h4-8,10H,3,9H2,1-2H3,(H,19,20). The molecule has 21 heavy (non-hydrogen) atoms. The van der Waals surface area contributed by atoms with Crippen molar-refractivity contribution >= 4 is 5.97 Å². The van der Waals surface area contributed by atoms with Crippen molar-refractivity contribution in [3.8, 4) is 11.4 Å². The van der Waals surface area contributed by atoms with Crippen LogP contribution in [0.15, 0.2) is 41.3 Å². The molecule has 0 bridgehead atoms. The summed E-state index contributed by atoms with van der Waals surface area (Å²) in [6, 6.07) is 8.87. The van der Waals surface area contributed by atoms with Crippen LogP contribution in [0, 0.1) is 6.92 Å². The summed E-state index contributed by atoms with van der Waals surface area (Å²) in [4.78, 5) is 22.6. The molecule has 5 nitrogen and oxygen atoms in total. The first-order valence-corrected chi connectivity index (χ1v) is 6.68. The number of aromatic nitrogens is 1. The molecule has 0 fully saturated rings. The van der Waals surface area contributed by atoms with Crippen molar-refractivity contribution in [3.05, 3.63) is 58.0 Å². The highest BCUT2D eigenvalue weighted by Crippen LogP contribution is 2.17. The highest BCUT2D eigenvalue weighted by Gasteiger charge is 2.09. The molecule has 1 N–H and O–H groups in total. The topological polar surface area (TPSA) is 68.5 Å². The van der Waals surface area contributed by atoms with Crippen LogP contribution in [0.1, 0.15) is 18.2 Å². The average molecular weight is 287 g/mol. The van der Waals surface area contributed by atoms with Crippen LogP contribution in [0.4, 0.5) is 0 Å². The lowest BCUT2D eigenvalue weighted by molar-refractivity contribution is -0.136. The SMILES string of the molecule is CCOc1ccc(-n2cc(CC(=O)O)c(=O)cc2C)cc1. The molecule has 0 aliphatic rings. The number of rotatable bonds is 5. The van der Waals surface area contributed by atoms with Gasteiger partial charge in [0.1, 0.15) is 5.75 Å². The Labute approximate surface area is 122 Å². The third-order valence-corrected chi connectivity index (χ3v) is 3.09. The molecule has 0 radical (unpaired) electrons. The largest absolute Gasteiger partial charge is 0.494 e. The first kappa shape index (κ1) is 14.8. The summed E-state index contributed by atoms with van der Waals surface area (Å²) in [6.07, 6.45) is 1.30. The zero-order valence-corrected chi connectivity index (χ0v) is 12.0. The first-order valence-electron chi connectivity index (χ1n) is 6.68. The Bertz CT molecular complexity index is 701. The molecule has 5 heteroatoms. The molecule has 0 aliphatic heterocycles. The fourth-order valence-corrected chi connectivity index (χ4v) is 2.12. The van der Waals surface area contributed by atoms with E-state index in [1.807, 2.05) is 38.1 Å². The number of aryl methyl sites for hydroxylation is 1. The van der Waals surface area contributed by atoms with Gasteiger partial charge in [0.15, 0.2) is 5.43 Å². The molecule has 1 aromatic heterocycles. The Kier molecular flexibility index (Phi) is 4.42. The molecule has 1 aromatic carbocycles. The molecular formula is C16H17NO4. The van der Waals surface area contributed by atoms with E-state index in [1.54, 1.807) is 10.8 Å². The molecule has 0 saturated carbocycles. The highest BCUT2D eigenvalue weighted by molar-refractivity contribution is 5.70. The number of pyridine rings is 1. The van der Waals surface area contributed by atoms with Crippen LogP contribution in [-0.4, -0.2) is 22.2 Å². The van der Waals surface area contributed by atoms with Gasteiger partial charge in [0.25, 0.3) is 0 Å². The lowest BCUT2D eigenvalue weighted by atomic mass is 10.1. The molecule has 110 valence electrons. The zero-order valence-electron chi connectivity index (χ0n) is 12.0. The minimum Gasteiger partial charge on any atom is -0.494 e. The van der Waals surface area contributed by atoms with Crippen LogP contribution >= 0.6 is 0 Å².